The Morgan fingerprint density at radius 1 is 1.29 bits per heavy atom. The van der Waals surface area contributed by atoms with Crippen LogP contribution in [-0.2, 0) is 6.61 Å². The van der Waals surface area contributed by atoms with Crippen LogP contribution in [0.2, 0.25) is 0 Å². The topological polar surface area (TPSA) is 64.4 Å². The molecule has 0 aliphatic rings. The zero-order valence-corrected chi connectivity index (χ0v) is 11.1. The fourth-order valence-electron chi connectivity index (χ4n) is 1.79. The van der Waals surface area contributed by atoms with Gasteiger partial charge in [-0.15, -0.1) is 0 Å². The summed E-state index contributed by atoms with van der Waals surface area (Å²) < 4.78 is 31.6. The fraction of sp³-hybridized carbons (Fsp3) is 0.143. The molecule has 0 saturated heterocycles. The minimum atomic E-state index is -1.08. The van der Waals surface area contributed by atoms with Gasteiger partial charge in [-0.25, -0.2) is 4.39 Å². The van der Waals surface area contributed by atoms with Gasteiger partial charge >= 0.3 is 0 Å². The van der Waals surface area contributed by atoms with Crippen molar-refractivity contribution in [2.75, 3.05) is 12.4 Å². The van der Waals surface area contributed by atoms with E-state index < -0.39 is 16.6 Å². The van der Waals surface area contributed by atoms with E-state index in [2.05, 4.69) is 5.32 Å². The second-order valence-electron chi connectivity index (χ2n) is 4.20. The second kappa shape index (κ2) is 6.17. The maximum atomic E-state index is 13.4. The van der Waals surface area contributed by atoms with Crippen LogP contribution >= 0.6 is 0 Å². The van der Waals surface area contributed by atoms with Crippen LogP contribution in [0.1, 0.15) is 5.56 Å². The van der Waals surface area contributed by atoms with Crippen molar-refractivity contribution >= 4 is 11.4 Å². The number of nitro groups is 1. The Labute approximate surface area is 119 Å². The van der Waals surface area contributed by atoms with Crippen LogP contribution in [0.5, 0.6) is 5.75 Å². The van der Waals surface area contributed by atoms with Gasteiger partial charge in [-0.05, 0) is 23.8 Å². The molecular formula is C14H12F2N2O3. The Bertz CT molecular complexity index is 677. The zero-order valence-electron chi connectivity index (χ0n) is 11.1. The summed E-state index contributed by atoms with van der Waals surface area (Å²) >= 11 is 0. The average Bonchev–Trinajstić information content (AvgIpc) is 2.48. The quantitative estimate of drug-likeness (QED) is 0.677. The van der Waals surface area contributed by atoms with E-state index in [1.54, 1.807) is 13.1 Å². The molecule has 7 heteroatoms. The van der Waals surface area contributed by atoms with Gasteiger partial charge in [0, 0.05) is 13.1 Å². The third-order valence-electron chi connectivity index (χ3n) is 2.84. The largest absolute Gasteiger partial charge is 0.486 e. The Morgan fingerprint density at radius 2 is 2.05 bits per heavy atom. The van der Waals surface area contributed by atoms with Crippen molar-refractivity contribution < 1.29 is 18.4 Å². The molecular weight excluding hydrogens is 282 g/mol. The highest BCUT2D eigenvalue weighted by molar-refractivity contribution is 5.62. The highest BCUT2D eigenvalue weighted by Crippen LogP contribution is 2.26. The third-order valence-corrected chi connectivity index (χ3v) is 2.84. The number of nitrogens with one attached hydrogen (secondary N) is 1. The molecule has 21 heavy (non-hydrogen) atoms. The van der Waals surface area contributed by atoms with Crippen LogP contribution in [0.25, 0.3) is 0 Å². The van der Waals surface area contributed by atoms with E-state index in [0.29, 0.717) is 11.3 Å². The Balaban J connectivity index is 2.19. The summed E-state index contributed by atoms with van der Waals surface area (Å²) in [5.41, 5.74) is 0.725. The van der Waals surface area contributed by atoms with Gasteiger partial charge < -0.3 is 10.1 Å². The lowest BCUT2D eigenvalue weighted by molar-refractivity contribution is -0.384. The van der Waals surface area contributed by atoms with Crippen molar-refractivity contribution in [2.45, 2.75) is 6.61 Å². The molecule has 0 saturated carbocycles. The van der Waals surface area contributed by atoms with E-state index in [1.165, 1.54) is 24.3 Å². The van der Waals surface area contributed by atoms with E-state index in [4.69, 9.17) is 4.74 Å². The van der Waals surface area contributed by atoms with Crippen molar-refractivity contribution in [3.63, 3.8) is 0 Å². The maximum Gasteiger partial charge on any atom is 0.292 e. The average molecular weight is 294 g/mol. The first kappa shape index (κ1) is 14.7. The number of ether oxygens (including phenoxy) is 1. The normalized spacial score (nSPS) is 10.2. The van der Waals surface area contributed by atoms with Crippen LogP contribution in [0.15, 0.2) is 36.4 Å². The van der Waals surface area contributed by atoms with Crippen molar-refractivity contribution in [3.8, 4) is 5.75 Å². The molecule has 0 fully saturated rings. The molecule has 1 N–H and O–H groups in total. The molecule has 0 radical (unpaired) electrons. The molecule has 2 rings (SSSR count). The molecule has 0 aliphatic heterocycles. The van der Waals surface area contributed by atoms with E-state index in [9.17, 15) is 18.9 Å². The van der Waals surface area contributed by atoms with Crippen molar-refractivity contribution in [3.05, 3.63) is 63.7 Å². The monoisotopic (exact) mass is 294 g/mol. The molecule has 2 aromatic carbocycles. The Hall–Kier alpha value is -2.70. The van der Waals surface area contributed by atoms with E-state index >= 15 is 0 Å². The van der Waals surface area contributed by atoms with Crippen molar-refractivity contribution in [1.29, 1.82) is 0 Å². The first-order valence-corrected chi connectivity index (χ1v) is 6.05. The molecule has 0 aliphatic carbocycles. The van der Waals surface area contributed by atoms with Crippen LogP contribution in [0, 0.1) is 21.7 Å². The number of nitro benzene ring substituents is 1. The van der Waals surface area contributed by atoms with Gasteiger partial charge in [0.05, 0.1) is 4.92 Å². The van der Waals surface area contributed by atoms with Crippen LogP contribution in [0.3, 0.4) is 0 Å². The first-order valence-electron chi connectivity index (χ1n) is 6.05. The minimum absolute atomic E-state index is 0.106. The molecule has 0 bridgehead atoms. The molecule has 0 heterocycles. The predicted molar refractivity (Wildman–Crippen MR) is 73.3 cm³/mol. The van der Waals surface area contributed by atoms with E-state index in [-0.39, 0.29) is 18.0 Å². The Morgan fingerprint density at radius 3 is 2.71 bits per heavy atom. The number of hydrogen-bond donors (Lipinski definition) is 1. The highest BCUT2D eigenvalue weighted by atomic mass is 19.2. The van der Waals surface area contributed by atoms with Crippen LogP contribution in [0.4, 0.5) is 20.2 Å². The SMILES string of the molecule is CNc1ccc(COc2cccc(F)c2F)cc1[N+](=O)[O-]. The summed E-state index contributed by atoms with van der Waals surface area (Å²) in [6.45, 7) is -0.106. The van der Waals surface area contributed by atoms with Gasteiger partial charge in [0.15, 0.2) is 11.6 Å². The molecule has 0 amide bonds. The molecule has 110 valence electrons. The third kappa shape index (κ3) is 3.25. The summed E-state index contributed by atoms with van der Waals surface area (Å²) in [6, 6.07) is 8.04. The number of nitrogens with zero attached hydrogens (tertiary/aromatic N) is 1. The number of halogens is 2. The predicted octanol–water partition coefficient (Wildman–Crippen LogP) is 3.49. The van der Waals surface area contributed by atoms with Gasteiger partial charge in [-0.1, -0.05) is 12.1 Å². The molecule has 5 nitrogen and oxygen atoms in total. The standard InChI is InChI=1S/C14H12F2N2O3/c1-17-11-6-5-9(7-12(11)18(19)20)8-21-13-4-2-3-10(15)14(13)16/h2-7,17H,8H2,1H3. The summed E-state index contributed by atoms with van der Waals surface area (Å²) in [5.74, 6) is -2.33. The Kier molecular flexibility index (Phi) is 4.32. The molecule has 2 aromatic rings. The molecule has 0 spiro atoms. The number of anilines is 1. The van der Waals surface area contributed by atoms with E-state index in [1.807, 2.05) is 0 Å². The van der Waals surface area contributed by atoms with Gasteiger partial charge in [0.25, 0.3) is 5.69 Å². The molecule has 0 atom stereocenters. The van der Waals surface area contributed by atoms with Crippen molar-refractivity contribution in [2.24, 2.45) is 0 Å². The van der Waals surface area contributed by atoms with E-state index in [0.717, 1.165) is 6.07 Å². The minimum Gasteiger partial charge on any atom is -0.486 e. The molecule has 0 aromatic heterocycles. The maximum absolute atomic E-state index is 13.4. The van der Waals surface area contributed by atoms with Crippen molar-refractivity contribution in [1.82, 2.24) is 0 Å². The van der Waals surface area contributed by atoms with Gasteiger partial charge in [0.2, 0.25) is 5.82 Å². The number of benzene rings is 2. The number of rotatable bonds is 5. The van der Waals surface area contributed by atoms with Gasteiger partial charge in [-0.2, -0.15) is 4.39 Å². The summed E-state index contributed by atoms with van der Waals surface area (Å²) in [5, 5.41) is 13.6. The lowest BCUT2D eigenvalue weighted by Crippen LogP contribution is -2.01. The van der Waals surface area contributed by atoms with Gasteiger partial charge in [-0.3, -0.25) is 10.1 Å². The summed E-state index contributed by atoms with van der Waals surface area (Å²) in [6.07, 6.45) is 0. The number of hydrogen-bond acceptors (Lipinski definition) is 4. The lowest BCUT2D eigenvalue weighted by Gasteiger charge is -2.09. The van der Waals surface area contributed by atoms with Crippen LogP contribution < -0.4 is 10.1 Å². The first-order chi connectivity index (χ1) is 10.0. The van der Waals surface area contributed by atoms with Crippen LogP contribution in [-0.4, -0.2) is 12.0 Å². The smallest absolute Gasteiger partial charge is 0.292 e. The molecule has 0 unspecified atom stereocenters. The zero-order chi connectivity index (χ0) is 15.4. The highest BCUT2D eigenvalue weighted by Gasteiger charge is 2.14. The second-order valence-corrected chi connectivity index (χ2v) is 4.20. The summed E-state index contributed by atoms with van der Waals surface area (Å²) in [4.78, 5) is 10.4. The fourth-order valence-corrected chi connectivity index (χ4v) is 1.79. The lowest BCUT2D eigenvalue weighted by atomic mass is 10.2. The van der Waals surface area contributed by atoms with Gasteiger partial charge in [0.1, 0.15) is 12.3 Å². The summed E-state index contributed by atoms with van der Waals surface area (Å²) in [7, 11) is 1.57.